The number of hydrogen-bond donors (Lipinski definition) is 3. The van der Waals surface area contributed by atoms with E-state index in [1.807, 2.05) is 30.8 Å². The van der Waals surface area contributed by atoms with Gasteiger partial charge in [-0.25, -0.2) is 9.37 Å². The van der Waals surface area contributed by atoms with Crippen LogP contribution in [0.1, 0.15) is 10.4 Å². The summed E-state index contributed by atoms with van der Waals surface area (Å²) in [6, 6.07) is 6.47. The number of carboxylic acid groups (broad SMARTS) is 1. The summed E-state index contributed by atoms with van der Waals surface area (Å²) in [4.78, 5) is 11.5. The third-order valence-electron chi connectivity index (χ3n) is 3.81. The lowest BCUT2D eigenvalue weighted by Gasteiger charge is -2.09. The number of phenolic OH excluding ortho intramolecular Hbond substituents is 2. The lowest BCUT2D eigenvalue weighted by atomic mass is 10.1. The second-order valence-corrected chi connectivity index (χ2v) is 5.48. The average Bonchev–Trinajstić information content (AvgIpc) is 2.50. The van der Waals surface area contributed by atoms with E-state index in [9.17, 15) is 20.1 Å². The molecule has 7 nitrogen and oxygen atoms in total. The summed E-state index contributed by atoms with van der Waals surface area (Å²) >= 11 is 0. The number of hydrogen-bond acceptors (Lipinski definition) is 4. The van der Waals surface area contributed by atoms with Gasteiger partial charge in [0.05, 0.1) is 6.07 Å². The number of nitrogens with zero attached hydrogens (tertiary/aromatic N) is 2. The van der Waals surface area contributed by atoms with Gasteiger partial charge in [-0.2, -0.15) is 4.57 Å². The van der Waals surface area contributed by atoms with Crippen LogP contribution in [-0.2, 0) is 7.05 Å². The molecule has 25 heavy (non-hydrogen) atoms. The fourth-order valence-electron chi connectivity index (χ4n) is 2.59. The second-order valence-electron chi connectivity index (χ2n) is 5.48. The summed E-state index contributed by atoms with van der Waals surface area (Å²) < 4.78 is 9.21. The maximum absolute atomic E-state index is 11.5. The largest absolute Gasteiger partial charge is 1.00 e. The third kappa shape index (κ3) is 3.52. The maximum Gasteiger partial charge on any atom is 0.342 e. The van der Waals surface area contributed by atoms with Crippen molar-refractivity contribution < 1.29 is 77.1 Å². The van der Waals surface area contributed by atoms with E-state index in [-0.39, 0.29) is 64.6 Å². The molecule has 0 amide bonds. The van der Waals surface area contributed by atoms with Crippen LogP contribution in [0.3, 0.4) is 0 Å². The maximum atomic E-state index is 11.5. The highest BCUT2D eigenvalue weighted by atomic mass is 127. The molecule has 134 valence electrons. The van der Waals surface area contributed by atoms with Gasteiger partial charge in [0, 0.05) is 18.2 Å². The smallest absolute Gasteiger partial charge is 0.342 e. The topological polar surface area (TPSA) is 97.8 Å². The number of halogens is 2. The second kappa shape index (κ2) is 7.72. The molecule has 3 rings (SSSR count). The molecule has 1 aromatic rings. The fourth-order valence-corrected chi connectivity index (χ4v) is 2.59. The number of aromatic carboxylic acids is 1. The standard InChI is InChI=1S/C16H14N2O5.2HI/c1-17(2)8-4-5-10-12(6-8)23-15-13(18(10)3)9(16(21)22)7-11(19)14(15)20;;/h4-7H,1-3H3,(H,21,22);2*1H. The van der Waals surface area contributed by atoms with Crippen molar-refractivity contribution in [1.82, 2.24) is 4.58 Å². The Bertz CT molecular complexity index is 1010. The SMILES string of the molecule is C[N+](C)=c1ccc2[n+](C)c3c(C(=O)O)cc(O)c(O)c3oc-2c1.[I-].[I-]. The fraction of sp³-hybridized carbons (Fsp3) is 0.188. The first-order valence-electron chi connectivity index (χ1n) is 6.86. The van der Waals surface area contributed by atoms with Crippen LogP contribution in [0.2, 0.25) is 0 Å². The minimum Gasteiger partial charge on any atom is -1.00 e. The van der Waals surface area contributed by atoms with Crippen molar-refractivity contribution in [1.29, 1.82) is 0 Å². The molecular formula is C16H16I2N2O5. The summed E-state index contributed by atoms with van der Waals surface area (Å²) in [6.45, 7) is 0. The quantitative estimate of drug-likeness (QED) is 0.118. The minimum absolute atomic E-state index is 0. The van der Waals surface area contributed by atoms with Crippen molar-refractivity contribution in [3.05, 3.63) is 35.2 Å². The highest BCUT2D eigenvalue weighted by Crippen LogP contribution is 2.37. The van der Waals surface area contributed by atoms with Crippen LogP contribution in [0.25, 0.3) is 22.6 Å². The molecular weight excluding hydrogens is 554 g/mol. The Morgan fingerprint density at radius 3 is 2.36 bits per heavy atom. The van der Waals surface area contributed by atoms with Crippen LogP contribution in [0.5, 0.6) is 11.5 Å². The Morgan fingerprint density at radius 1 is 1.16 bits per heavy atom. The van der Waals surface area contributed by atoms with E-state index >= 15 is 0 Å². The van der Waals surface area contributed by atoms with Gasteiger partial charge < -0.3 is 67.7 Å². The van der Waals surface area contributed by atoms with E-state index in [1.165, 1.54) is 0 Å². The molecule has 1 aliphatic carbocycles. The third-order valence-corrected chi connectivity index (χ3v) is 3.81. The molecule has 0 atom stereocenters. The van der Waals surface area contributed by atoms with Crippen molar-refractivity contribution in [2.45, 2.75) is 0 Å². The van der Waals surface area contributed by atoms with Crippen LogP contribution in [0.15, 0.2) is 28.7 Å². The first-order chi connectivity index (χ1) is 10.8. The van der Waals surface area contributed by atoms with Crippen molar-refractivity contribution in [2.75, 3.05) is 14.1 Å². The molecule has 0 saturated carbocycles. The highest BCUT2D eigenvalue weighted by Gasteiger charge is 2.29. The molecule has 1 heterocycles. The Kier molecular flexibility index (Phi) is 6.61. The van der Waals surface area contributed by atoms with Crippen LogP contribution in [0.4, 0.5) is 0 Å². The Labute approximate surface area is 177 Å². The molecule has 0 saturated heterocycles. The number of aryl methyl sites for hydroxylation is 1. The summed E-state index contributed by atoms with van der Waals surface area (Å²) in [5, 5.41) is 30.1. The predicted molar refractivity (Wildman–Crippen MR) is 81.4 cm³/mol. The molecule has 0 fully saturated rings. The van der Waals surface area contributed by atoms with E-state index < -0.39 is 17.5 Å². The van der Waals surface area contributed by atoms with Crippen LogP contribution in [0, 0.1) is 0 Å². The van der Waals surface area contributed by atoms with E-state index in [1.54, 1.807) is 17.7 Å². The molecule has 1 aromatic carbocycles. The molecule has 0 unspecified atom stereocenters. The summed E-state index contributed by atoms with van der Waals surface area (Å²) in [5.74, 6) is -1.79. The van der Waals surface area contributed by atoms with Gasteiger partial charge in [-0.15, -0.1) is 0 Å². The molecule has 0 radical (unpaired) electrons. The summed E-state index contributed by atoms with van der Waals surface area (Å²) in [5.41, 5.74) is 0.627. The molecule has 0 aromatic heterocycles. The minimum atomic E-state index is -1.22. The Hall–Kier alpha value is -1.63. The van der Waals surface area contributed by atoms with Gasteiger partial charge in [0.15, 0.2) is 5.75 Å². The van der Waals surface area contributed by atoms with Gasteiger partial charge in [0.2, 0.25) is 28.1 Å². The zero-order valence-electron chi connectivity index (χ0n) is 13.6. The van der Waals surface area contributed by atoms with Gasteiger partial charge in [-0.3, -0.25) is 0 Å². The van der Waals surface area contributed by atoms with Gasteiger partial charge in [-0.05, 0) is 0 Å². The molecule has 3 N–H and O–H groups in total. The molecule has 0 bridgehead atoms. The van der Waals surface area contributed by atoms with E-state index in [0.29, 0.717) is 11.5 Å². The van der Waals surface area contributed by atoms with Gasteiger partial charge in [-0.1, -0.05) is 0 Å². The van der Waals surface area contributed by atoms with Crippen LogP contribution < -0.4 is 62.5 Å². The first-order valence-corrected chi connectivity index (χ1v) is 6.86. The van der Waals surface area contributed by atoms with Crippen molar-refractivity contribution in [2.24, 2.45) is 7.05 Å². The normalized spacial score (nSPS) is 10.2. The zero-order chi connectivity index (χ0) is 16.9. The molecule has 0 spiro atoms. The Morgan fingerprint density at radius 2 is 1.80 bits per heavy atom. The zero-order valence-corrected chi connectivity index (χ0v) is 17.9. The van der Waals surface area contributed by atoms with Gasteiger partial charge in [0.25, 0.3) is 5.52 Å². The monoisotopic (exact) mass is 570 g/mol. The predicted octanol–water partition coefficient (Wildman–Crippen LogP) is -5.49. The van der Waals surface area contributed by atoms with Crippen molar-refractivity contribution in [3.8, 4) is 23.0 Å². The van der Waals surface area contributed by atoms with Gasteiger partial charge >= 0.3 is 5.97 Å². The molecule has 1 aliphatic heterocycles. The molecule has 9 heteroatoms. The number of aromatic hydroxyl groups is 2. The number of carbonyl (C=O) groups is 1. The van der Waals surface area contributed by atoms with Crippen molar-refractivity contribution in [3.63, 3.8) is 0 Å². The number of fused-ring (bicyclic) bond motifs is 2. The van der Waals surface area contributed by atoms with E-state index in [2.05, 4.69) is 0 Å². The van der Waals surface area contributed by atoms with Crippen LogP contribution in [-0.4, -0.2) is 35.4 Å². The number of phenols is 2. The number of rotatable bonds is 1. The van der Waals surface area contributed by atoms with E-state index in [0.717, 1.165) is 11.4 Å². The molecule has 2 aliphatic rings. The van der Waals surface area contributed by atoms with E-state index in [4.69, 9.17) is 4.42 Å². The number of carboxylic acids is 1. The summed E-state index contributed by atoms with van der Waals surface area (Å²) in [6.07, 6.45) is 0. The van der Waals surface area contributed by atoms with Crippen LogP contribution >= 0.6 is 0 Å². The average molecular weight is 570 g/mol. The highest BCUT2D eigenvalue weighted by molar-refractivity contribution is 6.02. The lowest BCUT2D eigenvalue weighted by Crippen LogP contribution is -3.00. The first kappa shape index (κ1) is 21.4. The number of benzene rings is 2. The van der Waals surface area contributed by atoms with Gasteiger partial charge in [0.1, 0.15) is 26.7 Å². The summed E-state index contributed by atoms with van der Waals surface area (Å²) in [7, 11) is 5.44. The lowest BCUT2D eigenvalue weighted by molar-refractivity contribution is -0.635. The Balaban J connectivity index is 0.00000156. The number of aromatic nitrogens is 1. The van der Waals surface area contributed by atoms with Crippen molar-refractivity contribution >= 4 is 17.1 Å².